The Labute approximate surface area is 354 Å². The van der Waals surface area contributed by atoms with Crippen LogP contribution < -0.4 is 0 Å². The Morgan fingerprint density at radius 3 is 1.65 bits per heavy atom. The van der Waals surface area contributed by atoms with Gasteiger partial charge in [-0.05, 0) is 58.6 Å². The van der Waals surface area contributed by atoms with Gasteiger partial charge in [0.1, 0.15) is 11.2 Å². The molecule has 0 N–H and O–H groups in total. The number of aromatic nitrogens is 5. The van der Waals surface area contributed by atoms with Crippen molar-refractivity contribution in [2.24, 2.45) is 0 Å². The van der Waals surface area contributed by atoms with Crippen molar-refractivity contribution in [3.05, 3.63) is 188 Å². The van der Waals surface area contributed by atoms with E-state index in [0.29, 0.717) is 16.7 Å². The average molecular weight is 750 g/mol. The van der Waals surface area contributed by atoms with Crippen LogP contribution in [0.4, 0.5) is 0 Å². The smallest absolute Gasteiger partial charge is 0.240 e. The minimum absolute atomic E-state index is 0.232. The lowest BCUT2D eigenvalue weighted by atomic mass is 9.98. The second-order valence-electron chi connectivity index (χ2n) is 12.9. The predicted molar refractivity (Wildman–Crippen MR) is 232 cm³/mol. The van der Waals surface area contributed by atoms with Crippen LogP contribution in [-0.2, 0) is 0 Å². The molecule has 0 radical (unpaired) electrons. The van der Waals surface area contributed by atoms with Crippen LogP contribution in [0.3, 0.4) is 0 Å². The molecule has 0 atom stereocenters. The van der Waals surface area contributed by atoms with Crippen molar-refractivity contribution in [2.75, 3.05) is 0 Å². The minimum atomic E-state index is -0.825. The summed E-state index contributed by atoms with van der Waals surface area (Å²) < 4.78 is 187. The van der Waals surface area contributed by atoms with Gasteiger partial charge in [0.25, 0.3) is 0 Å². The van der Waals surface area contributed by atoms with Crippen LogP contribution in [0.1, 0.15) is 27.4 Å². The molecular formula is C51H31N5O. The van der Waals surface area contributed by atoms with E-state index in [-0.39, 0.29) is 27.5 Å². The van der Waals surface area contributed by atoms with E-state index in [1.165, 1.54) is 0 Å². The average Bonchev–Trinajstić information content (AvgIpc) is 4.34. The van der Waals surface area contributed by atoms with Crippen molar-refractivity contribution < 1.29 is 31.8 Å². The summed E-state index contributed by atoms with van der Waals surface area (Å²) in [4.78, 5) is 14.5. The van der Waals surface area contributed by atoms with E-state index in [0.717, 1.165) is 25.5 Å². The van der Waals surface area contributed by atoms with E-state index in [4.69, 9.17) is 37.2 Å². The standard InChI is InChI=1S/C51H31N5O/c1-2-13-32(14-3-1)35-29-30-40-39-17-6-10-22-44(39)56(45(40)31-35)51-53-49(52-50(54-51)55-42-20-8-4-15-37(42)38-16-5-9-21-43(38)55)34-27-25-33(26-28-34)36-19-12-24-47-48(36)41-18-7-11-23-46(41)57-47/h1-31H/i1D,2D,3D,4D,5D,6D,8D,9D,10D,13D,14D,15D,16D,17D,20D,21D,22D,29D,30D,31D. The molecule has 0 spiro atoms. The number of benzene rings is 8. The second kappa shape index (κ2) is 12.3. The lowest BCUT2D eigenvalue weighted by Gasteiger charge is -2.13. The van der Waals surface area contributed by atoms with E-state index < -0.39 is 171 Å². The molecular weight excluding hydrogens is 699 g/mol. The first-order chi connectivity index (χ1) is 36.6. The Hall–Kier alpha value is -7.83. The molecule has 0 aliphatic rings. The summed E-state index contributed by atoms with van der Waals surface area (Å²) in [6.07, 6.45) is 0. The van der Waals surface area contributed by atoms with Crippen LogP contribution in [0.25, 0.3) is 111 Å². The third-order valence-corrected chi connectivity index (χ3v) is 9.81. The third kappa shape index (κ3) is 4.87. The summed E-state index contributed by atoms with van der Waals surface area (Å²) in [5, 5.41) is 0.243. The first kappa shape index (κ1) is 17.8. The van der Waals surface area contributed by atoms with E-state index in [9.17, 15) is 9.60 Å². The predicted octanol–water partition coefficient (Wildman–Crippen LogP) is 13.0. The van der Waals surface area contributed by atoms with Crippen molar-refractivity contribution >= 4 is 65.6 Å². The molecule has 0 unspecified atom stereocenters. The number of furan rings is 1. The van der Waals surface area contributed by atoms with Crippen molar-refractivity contribution in [1.82, 2.24) is 24.1 Å². The molecule has 6 nitrogen and oxygen atoms in total. The van der Waals surface area contributed by atoms with Crippen LogP contribution in [0.5, 0.6) is 0 Å². The number of hydrogen-bond acceptors (Lipinski definition) is 4. The summed E-state index contributed by atoms with van der Waals surface area (Å²) in [6, 6.07) is 4.79. The van der Waals surface area contributed by atoms with E-state index in [1.54, 1.807) is 24.3 Å². The van der Waals surface area contributed by atoms with Crippen molar-refractivity contribution in [1.29, 1.82) is 0 Å². The summed E-state index contributed by atoms with van der Waals surface area (Å²) in [5.41, 5.74) is 0.0355. The van der Waals surface area contributed by atoms with Gasteiger partial charge in [-0.2, -0.15) is 15.0 Å². The number of fused-ring (bicyclic) bond motifs is 9. The Bertz CT molecular complexity index is 4600. The Morgan fingerprint density at radius 2 is 0.965 bits per heavy atom. The zero-order chi connectivity index (χ0) is 54.9. The molecule has 8 aromatic carbocycles. The van der Waals surface area contributed by atoms with Crippen LogP contribution in [0.2, 0.25) is 0 Å². The van der Waals surface area contributed by atoms with E-state index >= 15 is 0 Å². The minimum Gasteiger partial charge on any atom is -0.456 e. The van der Waals surface area contributed by atoms with Gasteiger partial charge in [-0.15, -0.1) is 0 Å². The van der Waals surface area contributed by atoms with Crippen LogP contribution in [0, 0.1) is 0 Å². The number of nitrogens with zero attached hydrogens (tertiary/aromatic N) is 5. The largest absolute Gasteiger partial charge is 0.456 e. The van der Waals surface area contributed by atoms with Crippen molar-refractivity contribution in [3.8, 4) is 45.5 Å². The van der Waals surface area contributed by atoms with E-state index in [1.807, 2.05) is 42.5 Å². The molecule has 4 heterocycles. The molecule has 0 saturated heterocycles. The molecule has 0 aliphatic carbocycles. The fourth-order valence-electron chi connectivity index (χ4n) is 7.33. The Kier molecular flexibility index (Phi) is 3.85. The highest BCUT2D eigenvalue weighted by Gasteiger charge is 2.21. The first-order valence-electron chi connectivity index (χ1n) is 27.5. The first-order valence-corrected chi connectivity index (χ1v) is 17.5. The molecule has 0 amide bonds. The van der Waals surface area contributed by atoms with Gasteiger partial charge in [0, 0.05) is 37.9 Å². The topological polar surface area (TPSA) is 61.7 Å². The molecule has 12 aromatic rings. The lowest BCUT2D eigenvalue weighted by molar-refractivity contribution is 0.669. The molecule has 6 heteroatoms. The highest BCUT2D eigenvalue weighted by atomic mass is 16.3. The molecule has 0 bridgehead atoms. The lowest BCUT2D eigenvalue weighted by Crippen LogP contribution is -2.10. The van der Waals surface area contributed by atoms with Gasteiger partial charge >= 0.3 is 0 Å². The third-order valence-electron chi connectivity index (χ3n) is 9.81. The van der Waals surface area contributed by atoms with Crippen LogP contribution in [0.15, 0.2) is 192 Å². The second-order valence-corrected chi connectivity index (χ2v) is 12.9. The fourth-order valence-corrected chi connectivity index (χ4v) is 7.33. The zero-order valence-electron chi connectivity index (χ0n) is 49.0. The number of para-hydroxylation sites is 4. The molecule has 57 heavy (non-hydrogen) atoms. The highest BCUT2D eigenvalue weighted by molar-refractivity contribution is 6.13. The normalized spacial score (nSPS) is 16.8. The molecule has 4 aromatic heterocycles. The summed E-state index contributed by atoms with van der Waals surface area (Å²) in [6.45, 7) is 0. The highest BCUT2D eigenvalue weighted by Crippen LogP contribution is 2.39. The van der Waals surface area contributed by atoms with Crippen molar-refractivity contribution in [3.63, 3.8) is 0 Å². The molecule has 12 rings (SSSR count). The maximum Gasteiger partial charge on any atom is 0.240 e. The fraction of sp³-hybridized carbons (Fsp3) is 0. The van der Waals surface area contributed by atoms with Gasteiger partial charge < -0.3 is 4.42 Å². The number of hydrogen-bond donors (Lipinski definition) is 0. The van der Waals surface area contributed by atoms with Crippen molar-refractivity contribution in [2.45, 2.75) is 0 Å². The number of rotatable bonds is 5. The summed E-state index contributed by atoms with van der Waals surface area (Å²) in [5.74, 6) is -1.39. The van der Waals surface area contributed by atoms with Crippen LogP contribution >= 0.6 is 0 Å². The van der Waals surface area contributed by atoms with Gasteiger partial charge in [-0.25, -0.2) is 0 Å². The SMILES string of the molecule is [2H]c1c([2H])c([2H])c(-c2c([2H])c([2H])c3c4c([2H])c([2H])c([2H])c([2H])c4n(-c4nc(-c5ccc(-c6cccc7oc8ccccc8c67)cc5)nc(-n5c6c([2H])c([2H])c([2H])c([2H])c6c6c([2H])c([2H])c([2H])c([2H])c65)n4)c3c2[2H])c([2H])c1[2H]. The van der Waals surface area contributed by atoms with Gasteiger partial charge in [0.2, 0.25) is 11.9 Å². The molecule has 0 fully saturated rings. The molecule has 0 saturated carbocycles. The zero-order valence-corrected chi connectivity index (χ0v) is 29.0. The monoisotopic (exact) mass is 749 g/mol. The maximum atomic E-state index is 9.86. The Morgan fingerprint density at radius 1 is 0.404 bits per heavy atom. The van der Waals surface area contributed by atoms with Crippen LogP contribution in [-0.4, -0.2) is 24.1 Å². The van der Waals surface area contributed by atoms with Gasteiger partial charge in [0.15, 0.2) is 5.82 Å². The van der Waals surface area contributed by atoms with Gasteiger partial charge in [0.05, 0.1) is 49.5 Å². The Balaban J connectivity index is 1.25. The van der Waals surface area contributed by atoms with E-state index in [2.05, 4.69) is 0 Å². The summed E-state index contributed by atoms with van der Waals surface area (Å²) >= 11 is 0. The maximum absolute atomic E-state index is 9.86. The molecule has 266 valence electrons. The molecule has 0 aliphatic heterocycles. The van der Waals surface area contributed by atoms with Gasteiger partial charge in [-0.1, -0.05) is 151 Å². The summed E-state index contributed by atoms with van der Waals surface area (Å²) in [7, 11) is 0. The van der Waals surface area contributed by atoms with Gasteiger partial charge in [-0.3, -0.25) is 9.13 Å². The quantitative estimate of drug-likeness (QED) is 0.176.